The molecule has 0 bridgehead atoms. The van der Waals surface area contributed by atoms with Gasteiger partial charge in [0.1, 0.15) is 0 Å². The Morgan fingerprint density at radius 3 is 2.44 bits per heavy atom. The van der Waals surface area contributed by atoms with Gasteiger partial charge in [0.15, 0.2) is 0 Å². The molecule has 0 aliphatic heterocycles. The molecule has 1 heterocycles. The molecule has 6 nitrogen and oxygen atoms in total. The summed E-state index contributed by atoms with van der Waals surface area (Å²) in [6.45, 7) is 4.68. The fourth-order valence-electron chi connectivity index (χ4n) is 3.16. The van der Waals surface area contributed by atoms with E-state index in [1.807, 2.05) is 56.3 Å². The SMILES string of the molecule is CC(C)CC(=O)Nc1cccc(NCc2ccc3c(c2)n(C)c(=O)n3C)c1. The molecule has 6 heteroatoms. The van der Waals surface area contributed by atoms with E-state index in [-0.39, 0.29) is 11.6 Å². The fraction of sp³-hybridized carbons (Fsp3) is 0.333. The summed E-state index contributed by atoms with van der Waals surface area (Å²) in [6, 6.07) is 13.7. The van der Waals surface area contributed by atoms with E-state index < -0.39 is 0 Å². The Balaban J connectivity index is 1.71. The average Bonchev–Trinajstić information content (AvgIpc) is 2.84. The minimum Gasteiger partial charge on any atom is -0.381 e. The molecule has 0 unspecified atom stereocenters. The van der Waals surface area contributed by atoms with Gasteiger partial charge in [0, 0.05) is 38.4 Å². The van der Waals surface area contributed by atoms with Crippen molar-refractivity contribution < 1.29 is 4.79 Å². The van der Waals surface area contributed by atoms with Crippen LogP contribution in [0.2, 0.25) is 0 Å². The van der Waals surface area contributed by atoms with Crippen LogP contribution >= 0.6 is 0 Å². The van der Waals surface area contributed by atoms with Gasteiger partial charge in [0.2, 0.25) is 5.91 Å². The number of amides is 1. The summed E-state index contributed by atoms with van der Waals surface area (Å²) in [7, 11) is 3.56. The normalized spacial score (nSPS) is 11.1. The highest BCUT2D eigenvalue weighted by Gasteiger charge is 2.08. The van der Waals surface area contributed by atoms with Crippen molar-refractivity contribution in [2.45, 2.75) is 26.8 Å². The Labute approximate surface area is 158 Å². The maximum Gasteiger partial charge on any atom is 0.328 e. The molecule has 3 rings (SSSR count). The van der Waals surface area contributed by atoms with Crippen LogP contribution in [0.3, 0.4) is 0 Å². The van der Waals surface area contributed by atoms with Crippen LogP contribution in [0.1, 0.15) is 25.8 Å². The summed E-state index contributed by atoms with van der Waals surface area (Å²) >= 11 is 0. The Bertz CT molecular complexity index is 1030. The summed E-state index contributed by atoms with van der Waals surface area (Å²) in [5.74, 6) is 0.354. The molecule has 1 amide bonds. The molecule has 0 aliphatic rings. The second-order valence-electron chi connectivity index (χ2n) is 7.30. The number of hydrogen-bond donors (Lipinski definition) is 2. The van der Waals surface area contributed by atoms with E-state index >= 15 is 0 Å². The lowest BCUT2D eigenvalue weighted by Gasteiger charge is -2.11. The highest BCUT2D eigenvalue weighted by Crippen LogP contribution is 2.19. The van der Waals surface area contributed by atoms with Crippen molar-refractivity contribution in [1.82, 2.24) is 9.13 Å². The molecule has 1 aromatic heterocycles. The topological polar surface area (TPSA) is 68.1 Å². The summed E-state index contributed by atoms with van der Waals surface area (Å²) in [5.41, 5.74) is 4.60. The highest BCUT2D eigenvalue weighted by atomic mass is 16.2. The first-order valence-electron chi connectivity index (χ1n) is 9.13. The van der Waals surface area contributed by atoms with Crippen LogP contribution in [0, 0.1) is 5.92 Å². The first-order chi connectivity index (χ1) is 12.8. The van der Waals surface area contributed by atoms with Crippen LogP contribution in [0.4, 0.5) is 11.4 Å². The lowest BCUT2D eigenvalue weighted by molar-refractivity contribution is -0.116. The van der Waals surface area contributed by atoms with Crippen molar-refractivity contribution in [3.05, 3.63) is 58.5 Å². The average molecular weight is 366 g/mol. The van der Waals surface area contributed by atoms with Gasteiger partial charge in [-0.05, 0) is 41.8 Å². The molecule has 142 valence electrons. The summed E-state index contributed by atoms with van der Waals surface area (Å²) in [6.07, 6.45) is 0.507. The largest absolute Gasteiger partial charge is 0.381 e. The van der Waals surface area contributed by atoms with Gasteiger partial charge in [0.05, 0.1) is 11.0 Å². The van der Waals surface area contributed by atoms with Crippen LogP contribution < -0.4 is 16.3 Å². The van der Waals surface area contributed by atoms with E-state index in [0.717, 1.165) is 28.0 Å². The molecule has 0 saturated carbocycles. The number of aromatic nitrogens is 2. The van der Waals surface area contributed by atoms with Crippen LogP contribution in [0.5, 0.6) is 0 Å². The number of imidazole rings is 1. The first kappa shape index (κ1) is 18.8. The number of nitrogens with one attached hydrogen (secondary N) is 2. The van der Waals surface area contributed by atoms with E-state index in [2.05, 4.69) is 10.6 Å². The second kappa shape index (κ2) is 7.70. The van der Waals surface area contributed by atoms with Crippen molar-refractivity contribution in [3.8, 4) is 0 Å². The number of nitrogens with zero attached hydrogens (tertiary/aromatic N) is 2. The van der Waals surface area contributed by atoms with Crippen LogP contribution in [0.15, 0.2) is 47.3 Å². The summed E-state index contributed by atoms with van der Waals surface area (Å²) in [5, 5.41) is 6.31. The van der Waals surface area contributed by atoms with E-state index in [1.54, 1.807) is 23.2 Å². The van der Waals surface area contributed by atoms with E-state index in [0.29, 0.717) is 18.9 Å². The minimum atomic E-state index is -0.0278. The standard InChI is InChI=1S/C21H26N4O2/c1-14(2)10-20(26)23-17-7-5-6-16(12-17)22-13-15-8-9-18-19(11-15)25(4)21(27)24(18)3/h5-9,11-12,14,22H,10,13H2,1-4H3,(H,23,26). The quantitative estimate of drug-likeness (QED) is 0.702. The number of carbonyl (C=O) groups excluding carboxylic acids is 1. The predicted octanol–water partition coefficient (Wildman–Crippen LogP) is 3.47. The Kier molecular flexibility index (Phi) is 5.35. The number of aryl methyl sites for hydroxylation is 2. The van der Waals surface area contributed by atoms with Gasteiger partial charge in [-0.1, -0.05) is 26.0 Å². The fourth-order valence-corrected chi connectivity index (χ4v) is 3.16. The van der Waals surface area contributed by atoms with Crippen molar-refractivity contribution in [2.75, 3.05) is 10.6 Å². The molecule has 2 aromatic carbocycles. The first-order valence-corrected chi connectivity index (χ1v) is 9.13. The van der Waals surface area contributed by atoms with E-state index in [1.165, 1.54) is 0 Å². The number of benzene rings is 2. The van der Waals surface area contributed by atoms with Crippen molar-refractivity contribution in [2.24, 2.45) is 20.0 Å². The minimum absolute atomic E-state index is 0.0256. The highest BCUT2D eigenvalue weighted by molar-refractivity contribution is 5.91. The molecule has 0 aliphatic carbocycles. The number of hydrogen-bond acceptors (Lipinski definition) is 3. The maximum atomic E-state index is 12.0. The molecular weight excluding hydrogens is 340 g/mol. The second-order valence-corrected chi connectivity index (χ2v) is 7.30. The van der Waals surface area contributed by atoms with Gasteiger partial charge >= 0.3 is 5.69 Å². The lowest BCUT2D eigenvalue weighted by Crippen LogP contribution is -2.19. The Morgan fingerprint density at radius 1 is 1.00 bits per heavy atom. The van der Waals surface area contributed by atoms with Crippen molar-refractivity contribution >= 4 is 28.3 Å². The predicted molar refractivity (Wildman–Crippen MR) is 110 cm³/mol. The number of carbonyl (C=O) groups is 1. The summed E-state index contributed by atoms with van der Waals surface area (Å²) < 4.78 is 3.31. The van der Waals surface area contributed by atoms with Gasteiger partial charge < -0.3 is 10.6 Å². The molecule has 27 heavy (non-hydrogen) atoms. The Morgan fingerprint density at radius 2 is 1.70 bits per heavy atom. The van der Waals surface area contributed by atoms with Gasteiger partial charge in [-0.3, -0.25) is 13.9 Å². The monoisotopic (exact) mass is 366 g/mol. The van der Waals surface area contributed by atoms with E-state index in [4.69, 9.17) is 0 Å². The number of rotatable bonds is 6. The van der Waals surface area contributed by atoms with Gasteiger partial charge in [-0.15, -0.1) is 0 Å². The lowest BCUT2D eigenvalue weighted by atomic mass is 10.1. The molecule has 0 saturated heterocycles. The Hall–Kier alpha value is -3.02. The third-order valence-electron chi connectivity index (χ3n) is 4.57. The maximum absolute atomic E-state index is 12.0. The number of anilines is 2. The van der Waals surface area contributed by atoms with Crippen molar-refractivity contribution in [1.29, 1.82) is 0 Å². The zero-order chi connectivity index (χ0) is 19.6. The summed E-state index contributed by atoms with van der Waals surface area (Å²) in [4.78, 5) is 24.0. The molecule has 0 radical (unpaired) electrons. The van der Waals surface area contributed by atoms with Crippen LogP contribution in [0.25, 0.3) is 11.0 Å². The van der Waals surface area contributed by atoms with Gasteiger partial charge in [-0.2, -0.15) is 0 Å². The molecule has 0 fully saturated rings. The molecule has 3 aromatic rings. The molecule has 0 atom stereocenters. The van der Waals surface area contributed by atoms with Crippen LogP contribution in [-0.4, -0.2) is 15.0 Å². The molecule has 0 spiro atoms. The van der Waals surface area contributed by atoms with Crippen LogP contribution in [-0.2, 0) is 25.4 Å². The molecule has 2 N–H and O–H groups in total. The third-order valence-corrected chi connectivity index (χ3v) is 4.57. The van der Waals surface area contributed by atoms with Gasteiger partial charge in [-0.25, -0.2) is 4.79 Å². The molecular formula is C21H26N4O2. The zero-order valence-corrected chi connectivity index (χ0v) is 16.2. The van der Waals surface area contributed by atoms with E-state index in [9.17, 15) is 9.59 Å². The third kappa shape index (κ3) is 4.22. The zero-order valence-electron chi connectivity index (χ0n) is 16.2. The number of fused-ring (bicyclic) bond motifs is 1. The van der Waals surface area contributed by atoms with Gasteiger partial charge in [0.25, 0.3) is 0 Å². The van der Waals surface area contributed by atoms with Crippen molar-refractivity contribution in [3.63, 3.8) is 0 Å². The smallest absolute Gasteiger partial charge is 0.328 e.